The lowest BCUT2D eigenvalue weighted by Gasteiger charge is -2.03. The summed E-state index contributed by atoms with van der Waals surface area (Å²) in [6.45, 7) is 0.821. The van der Waals surface area contributed by atoms with Crippen LogP contribution in [0.2, 0.25) is 0 Å². The predicted octanol–water partition coefficient (Wildman–Crippen LogP) is 2.86. The van der Waals surface area contributed by atoms with Crippen LogP contribution in [0.15, 0.2) is 28.3 Å². The van der Waals surface area contributed by atoms with Crippen LogP contribution in [0.5, 0.6) is 0 Å². The second-order valence-electron chi connectivity index (χ2n) is 2.92. The van der Waals surface area contributed by atoms with Crippen LogP contribution in [0, 0.1) is 0 Å². The van der Waals surface area contributed by atoms with Crippen molar-refractivity contribution in [1.29, 1.82) is 0 Å². The number of nitrogens with one attached hydrogen (secondary N) is 1. The number of thiophene rings is 1. The molecule has 0 aliphatic carbocycles. The fraction of sp³-hybridized carbons (Fsp3) is 0.222. The standard InChI is InChI=1S/C9H10BrN3S/c1-13-5-4-11-9(13)12-6-7-2-3-8(10)14-7/h2-5H,6H2,1H3,(H,11,12). The van der Waals surface area contributed by atoms with E-state index in [0.29, 0.717) is 0 Å². The van der Waals surface area contributed by atoms with E-state index in [4.69, 9.17) is 0 Å². The van der Waals surface area contributed by atoms with Gasteiger partial charge in [0.1, 0.15) is 0 Å². The van der Waals surface area contributed by atoms with Crippen molar-refractivity contribution in [2.75, 3.05) is 5.32 Å². The van der Waals surface area contributed by atoms with E-state index >= 15 is 0 Å². The Hall–Kier alpha value is -0.810. The zero-order valence-electron chi connectivity index (χ0n) is 7.70. The van der Waals surface area contributed by atoms with Gasteiger partial charge in [0.05, 0.1) is 10.3 Å². The molecule has 0 spiro atoms. The van der Waals surface area contributed by atoms with Gasteiger partial charge in [-0.15, -0.1) is 11.3 Å². The minimum atomic E-state index is 0.821. The number of imidazole rings is 1. The van der Waals surface area contributed by atoms with E-state index in [2.05, 4.69) is 38.4 Å². The second-order valence-corrected chi connectivity index (χ2v) is 5.47. The highest BCUT2D eigenvalue weighted by Gasteiger charge is 2.00. The van der Waals surface area contributed by atoms with Gasteiger partial charge in [-0.1, -0.05) is 0 Å². The van der Waals surface area contributed by atoms with Gasteiger partial charge in [-0.05, 0) is 28.1 Å². The van der Waals surface area contributed by atoms with Crippen molar-refractivity contribution >= 4 is 33.2 Å². The third-order valence-corrected chi connectivity index (χ3v) is 3.49. The Balaban J connectivity index is 1.98. The van der Waals surface area contributed by atoms with Gasteiger partial charge in [-0.2, -0.15) is 0 Å². The van der Waals surface area contributed by atoms with Crippen LogP contribution < -0.4 is 5.32 Å². The molecule has 0 bridgehead atoms. The van der Waals surface area contributed by atoms with E-state index in [9.17, 15) is 0 Å². The highest BCUT2D eigenvalue weighted by Crippen LogP contribution is 2.22. The number of hydrogen-bond donors (Lipinski definition) is 1. The smallest absolute Gasteiger partial charge is 0.202 e. The molecule has 0 atom stereocenters. The van der Waals surface area contributed by atoms with Crippen LogP contribution in [-0.4, -0.2) is 9.55 Å². The fourth-order valence-corrected chi connectivity index (χ4v) is 2.57. The summed E-state index contributed by atoms with van der Waals surface area (Å²) in [5.41, 5.74) is 0. The van der Waals surface area contributed by atoms with Crippen molar-refractivity contribution in [1.82, 2.24) is 9.55 Å². The molecule has 0 aromatic carbocycles. The van der Waals surface area contributed by atoms with Crippen molar-refractivity contribution in [2.24, 2.45) is 7.05 Å². The van der Waals surface area contributed by atoms with E-state index in [0.717, 1.165) is 16.3 Å². The van der Waals surface area contributed by atoms with Crippen molar-refractivity contribution in [3.8, 4) is 0 Å². The number of aryl methyl sites for hydroxylation is 1. The molecule has 2 heterocycles. The second kappa shape index (κ2) is 4.14. The zero-order chi connectivity index (χ0) is 9.97. The average molecular weight is 272 g/mol. The monoisotopic (exact) mass is 271 g/mol. The molecule has 5 heteroatoms. The molecule has 2 aromatic heterocycles. The van der Waals surface area contributed by atoms with Crippen molar-refractivity contribution in [3.63, 3.8) is 0 Å². The van der Waals surface area contributed by atoms with E-state index in [1.165, 1.54) is 4.88 Å². The lowest BCUT2D eigenvalue weighted by atomic mass is 10.5. The van der Waals surface area contributed by atoms with Gasteiger partial charge < -0.3 is 9.88 Å². The molecular weight excluding hydrogens is 262 g/mol. The maximum atomic E-state index is 4.18. The van der Waals surface area contributed by atoms with Crippen molar-refractivity contribution in [2.45, 2.75) is 6.54 Å². The van der Waals surface area contributed by atoms with Crippen LogP contribution in [0.3, 0.4) is 0 Å². The Morgan fingerprint density at radius 3 is 3.00 bits per heavy atom. The Bertz CT molecular complexity index is 421. The van der Waals surface area contributed by atoms with Crippen LogP contribution in [0.25, 0.3) is 0 Å². The van der Waals surface area contributed by atoms with Gasteiger partial charge in [0.15, 0.2) is 0 Å². The van der Waals surface area contributed by atoms with Gasteiger partial charge in [0, 0.05) is 24.3 Å². The number of aromatic nitrogens is 2. The maximum absolute atomic E-state index is 4.18. The van der Waals surface area contributed by atoms with E-state index < -0.39 is 0 Å². The Morgan fingerprint density at radius 1 is 1.57 bits per heavy atom. The summed E-state index contributed by atoms with van der Waals surface area (Å²) in [6.07, 6.45) is 3.71. The minimum absolute atomic E-state index is 0.821. The highest BCUT2D eigenvalue weighted by atomic mass is 79.9. The summed E-state index contributed by atoms with van der Waals surface area (Å²) in [5, 5.41) is 3.26. The van der Waals surface area contributed by atoms with Gasteiger partial charge in [0.25, 0.3) is 0 Å². The van der Waals surface area contributed by atoms with Crippen LogP contribution in [0.1, 0.15) is 4.88 Å². The largest absolute Gasteiger partial charge is 0.351 e. The average Bonchev–Trinajstić information content (AvgIpc) is 2.72. The third-order valence-electron chi connectivity index (χ3n) is 1.87. The first kappa shape index (κ1) is 9.73. The normalized spacial score (nSPS) is 10.4. The Labute approximate surface area is 94.9 Å². The molecule has 14 heavy (non-hydrogen) atoms. The van der Waals surface area contributed by atoms with Gasteiger partial charge in [-0.3, -0.25) is 0 Å². The lowest BCUT2D eigenvalue weighted by molar-refractivity contribution is 0.902. The van der Waals surface area contributed by atoms with Gasteiger partial charge in [-0.25, -0.2) is 4.98 Å². The van der Waals surface area contributed by atoms with E-state index in [1.807, 2.05) is 17.8 Å². The number of anilines is 1. The van der Waals surface area contributed by atoms with Gasteiger partial charge in [0.2, 0.25) is 5.95 Å². The van der Waals surface area contributed by atoms with E-state index in [-0.39, 0.29) is 0 Å². The van der Waals surface area contributed by atoms with Crippen LogP contribution in [0.4, 0.5) is 5.95 Å². The summed E-state index contributed by atoms with van der Waals surface area (Å²) < 4.78 is 3.12. The Morgan fingerprint density at radius 2 is 2.43 bits per heavy atom. The zero-order valence-corrected chi connectivity index (χ0v) is 10.1. The Kier molecular flexibility index (Phi) is 2.88. The minimum Gasteiger partial charge on any atom is -0.351 e. The summed E-state index contributed by atoms with van der Waals surface area (Å²) in [4.78, 5) is 5.47. The van der Waals surface area contributed by atoms with Crippen molar-refractivity contribution in [3.05, 3.63) is 33.2 Å². The first-order valence-corrected chi connectivity index (χ1v) is 5.82. The molecule has 0 radical (unpaired) electrons. The molecule has 0 saturated carbocycles. The molecule has 2 aromatic rings. The predicted molar refractivity (Wildman–Crippen MR) is 62.6 cm³/mol. The summed E-state index contributed by atoms with van der Waals surface area (Å²) in [6, 6.07) is 4.16. The molecule has 0 unspecified atom stereocenters. The molecule has 0 aliphatic rings. The number of halogens is 1. The topological polar surface area (TPSA) is 29.9 Å². The fourth-order valence-electron chi connectivity index (χ4n) is 1.15. The number of hydrogen-bond acceptors (Lipinski definition) is 3. The first-order valence-electron chi connectivity index (χ1n) is 4.21. The molecule has 0 aliphatic heterocycles. The molecule has 0 amide bonds. The molecule has 1 N–H and O–H groups in total. The van der Waals surface area contributed by atoms with Gasteiger partial charge >= 0.3 is 0 Å². The molecular formula is C9H10BrN3S. The first-order chi connectivity index (χ1) is 6.75. The number of rotatable bonds is 3. The quantitative estimate of drug-likeness (QED) is 0.931. The summed E-state index contributed by atoms with van der Waals surface area (Å²) in [5.74, 6) is 0.898. The summed E-state index contributed by atoms with van der Waals surface area (Å²) >= 11 is 5.17. The molecule has 0 fully saturated rings. The number of nitrogens with zero attached hydrogens (tertiary/aromatic N) is 2. The molecule has 3 nitrogen and oxygen atoms in total. The van der Waals surface area contributed by atoms with Crippen LogP contribution >= 0.6 is 27.3 Å². The van der Waals surface area contributed by atoms with Crippen LogP contribution in [-0.2, 0) is 13.6 Å². The molecule has 0 saturated heterocycles. The highest BCUT2D eigenvalue weighted by molar-refractivity contribution is 9.11. The lowest BCUT2D eigenvalue weighted by Crippen LogP contribution is -2.03. The van der Waals surface area contributed by atoms with Crippen molar-refractivity contribution < 1.29 is 0 Å². The summed E-state index contributed by atoms with van der Waals surface area (Å²) in [7, 11) is 1.97. The SMILES string of the molecule is Cn1ccnc1NCc1ccc(Br)s1. The molecule has 2 rings (SSSR count). The third kappa shape index (κ3) is 2.16. The molecule has 74 valence electrons. The van der Waals surface area contributed by atoms with E-state index in [1.54, 1.807) is 17.5 Å². The maximum Gasteiger partial charge on any atom is 0.202 e.